The predicted octanol–water partition coefficient (Wildman–Crippen LogP) is 4.66. The minimum Gasteiger partial charge on any atom is -0.451 e. The molecular formula is C22H17F2NO4. The minimum absolute atomic E-state index is 0.0622. The van der Waals surface area contributed by atoms with E-state index in [2.05, 4.69) is 9.72 Å². The third kappa shape index (κ3) is 5.22. The Hall–Kier alpha value is -3.61. The third-order valence-corrected chi connectivity index (χ3v) is 4.09. The quantitative estimate of drug-likeness (QED) is 0.329. The molecule has 1 atom stereocenters. The molecule has 148 valence electrons. The molecule has 3 aromatic rings. The van der Waals surface area contributed by atoms with Crippen LogP contribution in [0.2, 0.25) is 0 Å². The van der Waals surface area contributed by atoms with Gasteiger partial charge in [0.15, 0.2) is 6.10 Å². The molecule has 0 bridgehead atoms. The number of benzene rings is 2. The van der Waals surface area contributed by atoms with Crippen LogP contribution in [0, 0.1) is 0 Å². The van der Waals surface area contributed by atoms with Gasteiger partial charge in [-0.1, -0.05) is 24.3 Å². The number of hydrogen-bond acceptors (Lipinski definition) is 5. The first-order valence-corrected chi connectivity index (χ1v) is 8.75. The fourth-order valence-electron chi connectivity index (χ4n) is 2.72. The molecule has 1 aromatic heterocycles. The summed E-state index contributed by atoms with van der Waals surface area (Å²) in [5.41, 5.74) is 1.71. The minimum atomic E-state index is -2.94. The maximum absolute atomic E-state index is 12.4. The number of alkyl halides is 2. The van der Waals surface area contributed by atoms with Crippen LogP contribution in [0.25, 0.3) is 17.0 Å². The van der Waals surface area contributed by atoms with Gasteiger partial charge in [0.1, 0.15) is 5.75 Å². The van der Waals surface area contributed by atoms with Gasteiger partial charge in [0.25, 0.3) is 0 Å². The van der Waals surface area contributed by atoms with E-state index in [1.807, 2.05) is 30.3 Å². The average Bonchev–Trinajstić information content (AvgIpc) is 2.71. The molecule has 5 nitrogen and oxygen atoms in total. The molecular weight excluding hydrogens is 380 g/mol. The number of pyridine rings is 1. The first-order chi connectivity index (χ1) is 13.9. The summed E-state index contributed by atoms with van der Waals surface area (Å²) in [7, 11) is 0. The van der Waals surface area contributed by atoms with Crippen molar-refractivity contribution in [1.82, 2.24) is 4.98 Å². The number of rotatable bonds is 7. The van der Waals surface area contributed by atoms with Gasteiger partial charge in [-0.15, -0.1) is 0 Å². The number of fused-ring (bicyclic) bond motifs is 1. The summed E-state index contributed by atoms with van der Waals surface area (Å²) in [4.78, 5) is 28.7. The summed E-state index contributed by atoms with van der Waals surface area (Å²) < 4.78 is 33.7. The van der Waals surface area contributed by atoms with Crippen molar-refractivity contribution in [3.05, 3.63) is 78.0 Å². The van der Waals surface area contributed by atoms with Crippen molar-refractivity contribution >= 4 is 28.7 Å². The van der Waals surface area contributed by atoms with Gasteiger partial charge < -0.3 is 9.47 Å². The van der Waals surface area contributed by atoms with Gasteiger partial charge in [0.2, 0.25) is 5.78 Å². The molecule has 2 aromatic carbocycles. The van der Waals surface area contributed by atoms with Crippen molar-refractivity contribution in [1.29, 1.82) is 0 Å². The topological polar surface area (TPSA) is 65.5 Å². The van der Waals surface area contributed by atoms with Crippen LogP contribution in [0.5, 0.6) is 5.75 Å². The number of carbonyl (C=O) groups excluding carboxylic acids is 2. The first-order valence-electron chi connectivity index (χ1n) is 8.75. The van der Waals surface area contributed by atoms with E-state index in [0.717, 1.165) is 16.5 Å². The molecule has 0 aliphatic rings. The van der Waals surface area contributed by atoms with E-state index >= 15 is 0 Å². The maximum atomic E-state index is 12.4. The second-order valence-electron chi connectivity index (χ2n) is 6.10. The molecule has 0 aliphatic carbocycles. The van der Waals surface area contributed by atoms with Gasteiger partial charge in [-0.25, -0.2) is 4.79 Å². The van der Waals surface area contributed by atoms with Crippen LogP contribution in [0.1, 0.15) is 22.8 Å². The smallest absolute Gasteiger partial charge is 0.387 e. The lowest BCUT2D eigenvalue weighted by molar-refractivity contribution is -0.140. The first kappa shape index (κ1) is 20.1. The second kappa shape index (κ2) is 9.05. The number of ketones is 1. The van der Waals surface area contributed by atoms with E-state index < -0.39 is 24.5 Å². The monoisotopic (exact) mass is 397 g/mol. The standard InChI is InChI=1S/C22H17F2NO4/c1-14(21(27)17-7-10-18(11-8-17)29-22(23)24)28-19(26)12-9-16-5-2-4-15-6-3-13-25-20(15)16/h2-14,22H,1H3/b12-9+. The Morgan fingerprint density at radius 3 is 2.48 bits per heavy atom. The maximum Gasteiger partial charge on any atom is 0.387 e. The summed E-state index contributed by atoms with van der Waals surface area (Å²) >= 11 is 0. The Morgan fingerprint density at radius 1 is 1.03 bits per heavy atom. The lowest BCUT2D eigenvalue weighted by Crippen LogP contribution is -2.23. The van der Waals surface area contributed by atoms with E-state index in [1.165, 1.54) is 37.3 Å². The summed E-state index contributed by atoms with van der Waals surface area (Å²) in [5, 5.41) is 0.936. The highest BCUT2D eigenvalue weighted by molar-refractivity contribution is 6.01. The zero-order valence-electron chi connectivity index (χ0n) is 15.4. The van der Waals surface area contributed by atoms with Crippen LogP contribution in [-0.2, 0) is 9.53 Å². The second-order valence-corrected chi connectivity index (χ2v) is 6.10. The van der Waals surface area contributed by atoms with Crippen LogP contribution in [-0.4, -0.2) is 29.5 Å². The van der Waals surface area contributed by atoms with Crippen LogP contribution in [0.15, 0.2) is 66.9 Å². The number of halogens is 2. The lowest BCUT2D eigenvalue weighted by Gasteiger charge is -2.11. The van der Waals surface area contributed by atoms with Crippen molar-refractivity contribution in [2.75, 3.05) is 0 Å². The Labute approximate surface area is 165 Å². The van der Waals surface area contributed by atoms with Gasteiger partial charge in [0, 0.05) is 28.8 Å². The normalized spacial score (nSPS) is 12.3. The van der Waals surface area contributed by atoms with E-state index in [-0.39, 0.29) is 11.3 Å². The molecule has 3 rings (SSSR count). The fourth-order valence-corrected chi connectivity index (χ4v) is 2.72. The molecule has 29 heavy (non-hydrogen) atoms. The van der Waals surface area contributed by atoms with Crippen molar-refractivity contribution in [3.63, 3.8) is 0 Å². The fraction of sp³-hybridized carbons (Fsp3) is 0.136. The number of carbonyl (C=O) groups is 2. The molecule has 0 fully saturated rings. The molecule has 1 unspecified atom stereocenters. The van der Waals surface area contributed by atoms with Crippen molar-refractivity contribution in [2.45, 2.75) is 19.6 Å². The molecule has 0 N–H and O–H groups in total. The van der Waals surface area contributed by atoms with Gasteiger partial charge in [0.05, 0.1) is 5.52 Å². The number of esters is 1. The zero-order valence-corrected chi connectivity index (χ0v) is 15.4. The van der Waals surface area contributed by atoms with Crippen LogP contribution in [0.4, 0.5) is 8.78 Å². The van der Waals surface area contributed by atoms with Gasteiger partial charge in [-0.05, 0) is 43.3 Å². The van der Waals surface area contributed by atoms with E-state index in [4.69, 9.17) is 4.74 Å². The van der Waals surface area contributed by atoms with Crippen molar-refractivity contribution in [3.8, 4) is 5.75 Å². The Balaban J connectivity index is 1.63. The zero-order chi connectivity index (χ0) is 20.8. The molecule has 0 radical (unpaired) electrons. The molecule has 0 aliphatic heterocycles. The number of aromatic nitrogens is 1. The Bertz CT molecular complexity index is 1040. The lowest BCUT2D eigenvalue weighted by atomic mass is 10.1. The molecule has 0 saturated heterocycles. The largest absolute Gasteiger partial charge is 0.451 e. The number of para-hydroxylation sites is 1. The summed E-state index contributed by atoms with van der Waals surface area (Å²) in [5.74, 6) is -1.20. The van der Waals surface area contributed by atoms with Crippen LogP contribution < -0.4 is 4.74 Å². The van der Waals surface area contributed by atoms with Gasteiger partial charge in [-0.3, -0.25) is 9.78 Å². The van der Waals surface area contributed by atoms with E-state index in [0.29, 0.717) is 0 Å². The summed E-state index contributed by atoms with van der Waals surface area (Å²) in [6.45, 7) is -1.50. The highest BCUT2D eigenvalue weighted by Crippen LogP contribution is 2.18. The predicted molar refractivity (Wildman–Crippen MR) is 104 cm³/mol. The SMILES string of the molecule is CC(OC(=O)/C=C/c1cccc2cccnc12)C(=O)c1ccc(OC(F)F)cc1. The van der Waals surface area contributed by atoms with Crippen molar-refractivity contribution < 1.29 is 27.8 Å². The Kier molecular flexibility index (Phi) is 6.29. The number of nitrogens with zero attached hydrogens (tertiary/aromatic N) is 1. The summed E-state index contributed by atoms with van der Waals surface area (Å²) in [6.07, 6.45) is 3.42. The summed E-state index contributed by atoms with van der Waals surface area (Å²) in [6, 6.07) is 14.5. The molecule has 0 spiro atoms. The Morgan fingerprint density at radius 2 is 1.76 bits per heavy atom. The average molecular weight is 397 g/mol. The van der Waals surface area contributed by atoms with E-state index in [9.17, 15) is 18.4 Å². The highest BCUT2D eigenvalue weighted by atomic mass is 19.3. The van der Waals surface area contributed by atoms with E-state index in [1.54, 1.807) is 12.3 Å². The van der Waals surface area contributed by atoms with Gasteiger partial charge in [-0.2, -0.15) is 8.78 Å². The van der Waals surface area contributed by atoms with Crippen molar-refractivity contribution in [2.24, 2.45) is 0 Å². The van der Waals surface area contributed by atoms with Crippen LogP contribution >= 0.6 is 0 Å². The highest BCUT2D eigenvalue weighted by Gasteiger charge is 2.19. The molecule has 0 saturated carbocycles. The molecule has 7 heteroatoms. The molecule has 0 amide bonds. The van der Waals surface area contributed by atoms with Gasteiger partial charge >= 0.3 is 12.6 Å². The van der Waals surface area contributed by atoms with Crippen LogP contribution in [0.3, 0.4) is 0 Å². The third-order valence-electron chi connectivity index (χ3n) is 4.09. The number of ether oxygens (including phenoxy) is 2. The number of Topliss-reactive ketones (excluding diaryl/α,β-unsaturated/α-hetero) is 1. The number of hydrogen-bond donors (Lipinski definition) is 0. The molecule has 1 heterocycles.